The molecule has 0 atom stereocenters. The third-order valence-corrected chi connectivity index (χ3v) is 12.2. The summed E-state index contributed by atoms with van der Waals surface area (Å²) >= 11 is 0. The number of carbonyl (C=O) groups excluding carboxylic acids is 3. The molecule has 3 saturated heterocycles. The van der Waals surface area contributed by atoms with Gasteiger partial charge in [0.1, 0.15) is 17.2 Å². The van der Waals surface area contributed by atoms with Crippen LogP contribution in [-0.2, 0) is 22.5 Å². The summed E-state index contributed by atoms with van der Waals surface area (Å²) in [5, 5.41) is 3.80. The van der Waals surface area contributed by atoms with Crippen molar-refractivity contribution in [2.45, 2.75) is 89.9 Å². The van der Waals surface area contributed by atoms with Crippen molar-refractivity contribution in [3.8, 4) is 28.4 Å². The predicted molar refractivity (Wildman–Crippen MR) is 230 cm³/mol. The molecule has 3 fully saturated rings. The number of anilines is 1. The fourth-order valence-corrected chi connectivity index (χ4v) is 8.75. The van der Waals surface area contributed by atoms with Crippen molar-refractivity contribution in [1.29, 1.82) is 0 Å². The summed E-state index contributed by atoms with van der Waals surface area (Å²) < 4.78 is 25.9. The second kappa shape index (κ2) is 19.7. The van der Waals surface area contributed by atoms with Crippen molar-refractivity contribution in [3.63, 3.8) is 0 Å². The fraction of sp³-hybridized carbons (Fsp3) is 0.500. The Balaban J connectivity index is 0.924. The Labute approximate surface area is 351 Å². The maximum atomic E-state index is 13.6. The maximum Gasteiger partial charge on any atom is 0.328 e. The van der Waals surface area contributed by atoms with E-state index in [1.807, 2.05) is 21.7 Å². The maximum absolute atomic E-state index is 13.6. The Bertz CT molecular complexity index is 2200. The molecule has 4 amide bonds. The van der Waals surface area contributed by atoms with Crippen LogP contribution in [0.1, 0.15) is 80.6 Å². The van der Waals surface area contributed by atoms with E-state index in [1.54, 1.807) is 44.8 Å². The van der Waals surface area contributed by atoms with Crippen molar-refractivity contribution in [2.75, 3.05) is 65.5 Å². The zero-order chi connectivity index (χ0) is 42.2. The van der Waals surface area contributed by atoms with Crippen molar-refractivity contribution >= 4 is 34.3 Å². The van der Waals surface area contributed by atoms with E-state index in [1.165, 1.54) is 12.0 Å². The van der Waals surface area contributed by atoms with Gasteiger partial charge >= 0.3 is 6.03 Å². The Morgan fingerprint density at radius 3 is 2.17 bits per heavy atom. The number of aryl methyl sites for hydroxylation is 1. The highest BCUT2D eigenvalue weighted by Gasteiger charge is 2.31. The fourth-order valence-electron chi connectivity index (χ4n) is 8.75. The van der Waals surface area contributed by atoms with Gasteiger partial charge in [-0.1, -0.05) is 26.2 Å². The zero-order valence-electron chi connectivity index (χ0n) is 35.4. The Morgan fingerprint density at radius 2 is 1.50 bits per heavy atom. The second-order valence-corrected chi connectivity index (χ2v) is 15.9. The van der Waals surface area contributed by atoms with Crippen LogP contribution in [0.3, 0.4) is 0 Å². The van der Waals surface area contributed by atoms with E-state index in [0.717, 1.165) is 111 Å². The largest absolute Gasteiger partial charge is 0.496 e. The second-order valence-electron chi connectivity index (χ2n) is 15.9. The highest BCUT2D eigenvalue weighted by molar-refractivity contribution is 6.07. The number of likely N-dealkylation sites (tertiary alicyclic amines) is 2. The number of fused-ring (bicyclic) bond motifs is 1. The van der Waals surface area contributed by atoms with Crippen LogP contribution in [0, 0.1) is 0 Å². The van der Waals surface area contributed by atoms with Crippen molar-refractivity contribution in [3.05, 3.63) is 76.5 Å². The number of rotatable bonds is 16. The SMILES string of the molecule is CCCCCCn1cc(-c2cc(OC)c(CCN3CCC(OC4CCN(C(=O)c5ccc(OC)c(N6CCC(=O)NC6=O)c5)CC4)CC3)c(OC)c2)c2ccncc2c1=O. The van der Waals surface area contributed by atoms with Crippen LogP contribution >= 0.6 is 0 Å². The number of aromatic nitrogens is 2. The minimum absolute atomic E-state index is 0.0193. The summed E-state index contributed by atoms with van der Waals surface area (Å²) in [7, 11) is 4.90. The van der Waals surface area contributed by atoms with Gasteiger partial charge in [0.15, 0.2) is 0 Å². The average molecular weight is 823 g/mol. The van der Waals surface area contributed by atoms with Gasteiger partial charge in [0.05, 0.1) is 44.6 Å². The first-order valence-electron chi connectivity index (χ1n) is 21.4. The van der Waals surface area contributed by atoms with Gasteiger partial charge in [-0.05, 0) is 85.9 Å². The molecule has 320 valence electrons. The quantitative estimate of drug-likeness (QED) is 0.125. The standard InChI is InChI=1S/C46H58N6O8/c1-5-6-7-8-19-51-30-38(35-11-18-47-29-37(35)45(51)55)32-27-41(58-3)36(42(28-32)59-4)16-22-49-20-12-33(13-21-49)60-34-14-23-50(24-15-34)44(54)31-9-10-40(57-2)39(26-31)52-25-17-43(53)48-46(52)56/h9-11,18,26-30,33-34H,5-8,12-17,19-25H2,1-4H3,(H,48,53,56). The molecular formula is C46H58N6O8. The number of urea groups is 1. The molecule has 5 heterocycles. The summed E-state index contributed by atoms with van der Waals surface area (Å²) in [6.07, 6.45) is 14.3. The van der Waals surface area contributed by atoms with E-state index in [4.69, 9.17) is 18.9 Å². The number of benzene rings is 2. The number of nitrogens with one attached hydrogen (secondary N) is 1. The molecule has 3 aliphatic rings. The number of carbonyl (C=O) groups is 3. The molecular weight excluding hydrogens is 765 g/mol. The molecule has 0 aliphatic carbocycles. The van der Waals surface area contributed by atoms with Crippen LogP contribution in [0.4, 0.5) is 10.5 Å². The summed E-state index contributed by atoms with van der Waals surface area (Å²) in [4.78, 5) is 61.3. The molecule has 7 rings (SSSR count). The molecule has 3 aliphatic heterocycles. The average Bonchev–Trinajstić information content (AvgIpc) is 3.28. The number of hydrogen-bond acceptors (Lipinski definition) is 10. The third-order valence-electron chi connectivity index (χ3n) is 12.2. The number of amides is 4. The van der Waals surface area contributed by atoms with Gasteiger partial charge in [-0.2, -0.15) is 0 Å². The third kappa shape index (κ3) is 9.60. The number of unbranched alkanes of at least 4 members (excludes halogenated alkanes) is 3. The highest BCUT2D eigenvalue weighted by Crippen LogP contribution is 2.38. The van der Waals surface area contributed by atoms with E-state index in [2.05, 4.69) is 34.3 Å². The molecule has 0 bridgehead atoms. The molecule has 0 unspecified atom stereocenters. The normalized spacial score (nSPS) is 16.9. The lowest BCUT2D eigenvalue weighted by molar-refractivity contribution is -0.120. The van der Waals surface area contributed by atoms with Crippen LogP contribution in [0.25, 0.3) is 21.9 Å². The van der Waals surface area contributed by atoms with Gasteiger partial charge < -0.3 is 33.3 Å². The minimum Gasteiger partial charge on any atom is -0.496 e. The lowest BCUT2D eigenvalue weighted by Crippen LogP contribution is -2.49. The van der Waals surface area contributed by atoms with Crippen LogP contribution in [0.2, 0.25) is 0 Å². The molecule has 2 aromatic heterocycles. The Hall–Kier alpha value is -5.47. The number of pyridine rings is 2. The lowest BCUT2D eigenvalue weighted by Gasteiger charge is -2.37. The van der Waals surface area contributed by atoms with Gasteiger partial charge in [0, 0.05) is 87.5 Å². The monoisotopic (exact) mass is 822 g/mol. The summed E-state index contributed by atoms with van der Waals surface area (Å²) in [6.45, 7) is 6.93. The molecule has 4 aromatic rings. The first kappa shape index (κ1) is 42.6. The lowest BCUT2D eigenvalue weighted by atomic mass is 9.97. The van der Waals surface area contributed by atoms with Crippen LogP contribution in [0.15, 0.2) is 59.8 Å². The molecule has 0 saturated carbocycles. The van der Waals surface area contributed by atoms with E-state index in [9.17, 15) is 19.2 Å². The number of methoxy groups -OCH3 is 3. The number of ether oxygens (including phenoxy) is 4. The molecule has 60 heavy (non-hydrogen) atoms. The Morgan fingerprint density at radius 1 is 0.800 bits per heavy atom. The molecule has 14 heteroatoms. The summed E-state index contributed by atoms with van der Waals surface area (Å²) in [6, 6.07) is 10.6. The molecule has 14 nitrogen and oxygen atoms in total. The molecule has 2 aromatic carbocycles. The van der Waals surface area contributed by atoms with Crippen LogP contribution in [0.5, 0.6) is 17.2 Å². The van der Waals surface area contributed by atoms with Crippen LogP contribution in [-0.4, -0.2) is 110 Å². The van der Waals surface area contributed by atoms with Gasteiger partial charge in [-0.15, -0.1) is 0 Å². The van der Waals surface area contributed by atoms with Crippen molar-refractivity contribution in [1.82, 2.24) is 24.7 Å². The van der Waals surface area contributed by atoms with E-state index >= 15 is 0 Å². The van der Waals surface area contributed by atoms with Gasteiger partial charge in [0.25, 0.3) is 11.5 Å². The number of piperidine rings is 2. The summed E-state index contributed by atoms with van der Waals surface area (Å²) in [5.74, 6) is 1.55. The van der Waals surface area contributed by atoms with Gasteiger partial charge in [-0.25, -0.2) is 4.79 Å². The Kier molecular flexibility index (Phi) is 14.0. The minimum atomic E-state index is -0.525. The molecule has 1 N–H and O–H groups in total. The van der Waals surface area contributed by atoms with Gasteiger partial charge in [-0.3, -0.25) is 29.6 Å². The van der Waals surface area contributed by atoms with Crippen LogP contribution < -0.4 is 30.0 Å². The van der Waals surface area contributed by atoms with Crippen molar-refractivity contribution < 1.29 is 33.3 Å². The molecule has 0 spiro atoms. The zero-order valence-corrected chi connectivity index (χ0v) is 35.4. The number of hydrogen-bond donors (Lipinski definition) is 1. The van der Waals surface area contributed by atoms with E-state index in [-0.39, 0.29) is 42.5 Å². The first-order valence-corrected chi connectivity index (χ1v) is 21.4. The molecule has 0 radical (unpaired) electrons. The summed E-state index contributed by atoms with van der Waals surface area (Å²) in [5.41, 5.74) is 3.80. The van der Waals surface area contributed by atoms with Crippen molar-refractivity contribution in [2.24, 2.45) is 0 Å². The number of nitrogens with zero attached hydrogens (tertiary/aromatic N) is 5. The predicted octanol–water partition coefficient (Wildman–Crippen LogP) is 6.44. The van der Waals surface area contributed by atoms with E-state index < -0.39 is 6.03 Å². The highest BCUT2D eigenvalue weighted by atomic mass is 16.5. The number of imide groups is 1. The first-order chi connectivity index (χ1) is 29.2. The van der Waals surface area contributed by atoms with Gasteiger partial charge in [0.2, 0.25) is 5.91 Å². The smallest absolute Gasteiger partial charge is 0.328 e. The topological polar surface area (TPSA) is 145 Å². The van der Waals surface area contributed by atoms with E-state index in [0.29, 0.717) is 42.0 Å².